The molecule has 0 radical (unpaired) electrons. The van der Waals surface area contributed by atoms with Gasteiger partial charge in [0.25, 0.3) is 12.4 Å². The largest absolute Gasteiger partial charge is 0.463 e. The molecule has 9 heteroatoms. The van der Waals surface area contributed by atoms with Crippen LogP contribution in [0.1, 0.15) is 48.2 Å². The molecule has 3 heterocycles. The molecule has 1 saturated heterocycles. The lowest BCUT2D eigenvalue weighted by Crippen LogP contribution is -2.31. The smallest absolute Gasteiger partial charge is 0.293 e. The molecule has 1 fully saturated rings. The molecule has 9 nitrogen and oxygen atoms in total. The minimum Gasteiger partial charge on any atom is -0.463 e. The SMILES string of the molecule is Cc1ccc2c(=O)c(C(=O)NCCCCCC(=O)N3CC[C@@H](OC=O)C3)cn(C)c2n1. The minimum absolute atomic E-state index is 0.0598. The highest BCUT2D eigenvalue weighted by molar-refractivity contribution is 5.96. The van der Waals surface area contributed by atoms with Gasteiger partial charge < -0.3 is 19.5 Å². The number of amides is 2. The molecule has 0 unspecified atom stereocenters. The number of ether oxygens (including phenoxy) is 1. The van der Waals surface area contributed by atoms with E-state index in [1.807, 2.05) is 6.92 Å². The zero-order chi connectivity index (χ0) is 22.4. The monoisotopic (exact) mass is 428 g/mol. The molecule has 0 saturated carbocycles. The summed E-state index contributed by atoms with van der Waals surface area (Å²) in [6.45, 7) is 3.78. The minimum atomic E-state index is -0.405. The molecule has 166 valence electrons. The van der Waals surface area contributed by atoms with Crippen LogP contribution >= 0.6 is 0 Å². The average Bonchev–Trinajstić information content (AvgIpc) is 3.22. The van der Waals surface area contributed by atoms with E-state index in [9.17, 15) is 19.2 Å². The number of carbonyl (C=O) groups excluding carboxylic acids is 3. The Morgan fingerprint density at radius 3 is 2.87 bits per heavy atom. The van der Waals surface area contributed by atoms with Gasteiger partial charge in [-0.1, -0.05) is 6.42 Å². The molecule has 0 aromatic carbocycles. The third kappa shape index (κ3) is 5.48. The predicted molar refractivity (Wildman–Crippen MR) is 115 cm³/mol. The van der Waals surface area contributed by atoms with Crippen LogP contribution in [0.15, 0.2) is 23.1 Å². The summed E-state index contributed by atoms with van der Waals surface area (Å²) in [4.78, 5) is 53.8. The Labute approximate surface area is 180 Å². The maximum Gasteiger partial charge on any atom is 0.293 e. The van der Waals surface area contributed by atoms with Crippen LogP contribution in [0.3, 0.4) is 0 Å². The number of nitrogens with one attached hydrogen (secondary N) is 1. The van der Waals surface area contributed by atoms with E-state index >= 15 is 0 Å². The molecule has 0 spiro atoms. The van der Waals surface area contributed by atoms with Crippen LogP contribution in [0.5, 0.6) is 0 Å². The lowest BCUT2D eigenvalue weighted by molar-refractivity contribution is -0.135. The molecule has 2 amide bonds. The third-order valence-electron chi connectivity index (χ3n) is 5.50. The summed E-state index contributed by atoms with van der Waals surface area (Å²) in [6, 6.07) is 3.45. The van der Waals surface area contributed by atoms with Gasteiger partial charge in [-0.25, -0.2) is 4.98 Å². The molecular formula is C22H28N4O5. The van der Waals surface area contributed by atoms with Crippen LogP contribution in [0, 0.1) is 6.92 Å². The average molecular weight is 428 g/mol. The van der Waals surface area contributed by atoms with Crippen molar-refractivity contribution < 1.29 is 19.1 Å². The van der Waals surface area contributed by atoms with Gasteiger partial charge in [-0.15, -0.1) is 0 Å². The van der Waals surface area contributed by atoms with E-state index in [0.717, 1.165) is 12.1 Å². The Kier molecular flexibility index (Phi) is 7.38. The first kappa shape index (κ1) is 22.5. The van der Waals surface area contributed by atoms with Crippen LogP contribution in [-0.2, 0) is 21.4 Å². The number of carbonyl (C=O) groups is 3. The molecule has 2 aromatic rings. The van der Waals surface area contributed by atoms with Crippen LogP contribution in [0.25, 0.3) is 11.0 Å². The van der Waals surface area contributed by atoms with Gasteiger partial charge in [-0.05, 0) is 31.9 Å². The van der Waals surface area contributed by atoms with Crippen LogP contribution in [-0.4, -0.2) is 58.5 Å². The van der Waals surface area contributed by atoms with E-state index in [2.05, 4.69) is 10.3 Å². The zero-order valence-corrected chi connectivity index (χ0v) is 17.9. The lowest BCUT2D eigenvalue weighted by Gasteiger charge is -2.15. The van der Waals surface area contributed by atoms with E-state index in [0.29, 0.717) is 62.8 Å². The van der Waals surface area contributed by atoms with E-state index in [4.69, 9.17) is 4.74 Å². The summed E-state index contributed by atoms with van der Waals surface area (Å²) in [6.07, 6.45) is 4.65. The maximum absolute atomic E-state index is 12.6. The first-order valence-electron chi connectivity index (χ1n) is 10.5. The number of hydrogen-bond acceptors (Lipinski definition) is 6. The Morgan fingerprint density at radius 2 is 2.10 bits per heavy atom. The van der Waals surface area contributed by atoms with Gasteiger partial charge in [0.1, 0.15) is 17.3 Å². The standard InChI is InChI=1S/C22H28N4O5/c1-15-7-8-17-20(29)18(13-25(2)21(17)24-15)22(30)23-10-5-3-4-6-19(28)26-11-9-16(12-26)31-14-27/h7-8,13-14,16H,3-6,9-12H2,1-2H3,(H,23,30)/t16-/m1/s1. The second-order valence-electron chi connectivity index (χ2n) is 7.86. The normalized spacial score (nSPS) is 15.8. The third-order valence-corrected chi connectivity index (χ3v) is 5.50. The second-order valence-corrected chi connectivity index (χ2v) is 7.86. The van der Waals surface area contributed by atoms with Crippen molar-refractivity contribution in [2.45, 2.75) is 45.1 Å². The summed E-state index contributed by atoms with van der Waals surface area (Å²) < 4.78 is 6.59. The molecule has 31 heavy (non-hydrogen) atoms. The van der Waals surface area contributed by atoms with Crippen molar-refractivity contribution in [3.05, 3.63) is 39.8 Å². The molecule has 1 atom stereocenters. The van der Waals surface area contributed by atoms with E-state index < -0.39 is 5.91 Å². The highest BCUT2D eigenvalue weighted by atomic mass is 16.5. The van der Waals surface area contributed by atoms with Crippen LogP contribution in [0.2, 0.25) is 0 Å². The molecule has 3 rings (SSSR count). The highest BCUT2D eigenvalue weighted by Crippen LogP contribution is 2.14. The molecular weight excluding hydrogens is 400 g/mol. The van der Waals surface area contributed by atoms with Gasteiger partial charge in [0.2, 0.25) is 11.3 Å². The Balaban J connectivity index is 1.42. The first-order valence-corrected chi connectivity index (χ1v) is 10.5. The number of hydrogen-bond donors (Lipinski definition) is 1. The topological polar surface area (TPSA) is 111 Å². The molecule has 1 N–H and O–H groups in total. The maximum atomic E-state index is 12.6. The number of fused-ring (bicyclic) bond motifs is 1. The summed E-state index contributed by atoms with van der Waals surface area (Å²) in [7, 11) is 1.76. The number of aryl methyl sites for hydroxylation is 2. The van der Waals surface area contributed by atoms with E-state index in [1.165, 1.54) is 6.20 Å². The van der Waals surface area contributed by atoms with Crippen LogP contribution < -0.4 is 10.7 Å². The lowest BCUT2D eigenvalue weighted by atomic mass is 10.1. The number of pyridine rings is 2. The van der Waals surface area contributed by atoms with Gasteiger partial charge in [0, 0.05) is 44.9 Å². The van der Waals surface area contributed by atoms with Gasteiger partial charge >= 0.3 is 0 Å². The van der Waals surface area contributed by atoms with Crippen molar-refractivity contribution in [1.29, 1.82) is 0 Å². The van der Waals surface area contributed by atoms with Gasteiger partial charge in [-0.3, -0.25) is 19.2 Å². The Morgan fingerprint density at radius 1 is 1.29 bits per heavy atom. The predicted octanol–water partition coefficient (Wildman–Crippen LogP) is 1.31. The molecule has 2 aromatic heterocycles. The Hall–Kier alpha value is -3.23. The zero-order valence-electron chi connectivity index (χ0n) is 17.9. The first-order chi connectivity index (χ1) is 14.9. The van der Waals surface area contributed by atoms with Crippen molar-refractivity contribution in [3.8, 4) is 0 Å². The highest BCUT2D eigenvalue weighted by Gasteiger charge is 2.26. The number of nitrogens with zero attached hydrogens (tertiary/aromatic N) is 3. The fourth-order valence-electron chi connectivity index (χ4n) is 3.79. The molecule has 1 aliphatic rings. The second kappa shape index (κ2) is 10.2. The number of unbranched alkanes of at least 4 members (excludes halogenated alkanes) is 2. The summed E-state index contributed by atoms with van der Waals surface area (Å²) >= 11 is 0. The summed E-state index contributed by atoms with van der Waals surface area (Å²) in [5, 5.41) is 3.21. The van der Waals surface area contributed by atoms with Crippen molar-refractivity contribution >= 4 is 29.3 Å². The number of likely N-dealkylation sites (tertiary alicyclic amines) is 1. The van der Waals surface area contributed by atoms with Crippen molar-refractivity contribution in [2.75, 3.05) is 19.6 Å². The van der Waals surface area contributed by atoms with Crippen LogP contribution in [0.4, 0.5) is 0 Å². The van der Waals surface area contributed by atoms with Gasteiger partial charge in [0.05, 0.1) is 11.9 Å². The molecule has 1 aliphatic heterocycles. The summed E-state index contributed by atoms with van der Waals surface area (Å²) in [5.74, 6) is -0.345. The fourth-order valence-corrected chi connectivity index (χ4v) is 3.79. The van der Waals surface area contributed by atoms with E-state index in [1.54, 1.807) is 28.6 Å². The van der Waals surface area contributed by atoms with Crippen molar-refractivity contribution in [2.24, 2.45) is 7.05 Å². The van der Waals surface area contributed by atoms with E-state index in [-0.39, 0.29) is 23.0 Å². The Bertz CT molecular complexity index is 1030. The number of aromatic nitrogens is 2. The van der Waals surface area contributed by atoms with Crippen molar-refractivity contribution in [1.82, 2.24) is 19.8 Å². The number of rotatable bonds is 9. The van der Waals surface area contributed by atoms with Crippen molar-refractivity contribution in [3.63, 3.8) is 0 Å². The summed E-state index contributed by atoms with van der Waals surface area (Å²) in [5.41, 5.74) is 1.12. The van der Waals surface area contributed by atoms with Gasteiger partial charge in [-0.2, -0.15) is 0 Å². The van der Waals surface area contributed by atoms with Gasteiger partial charge in [0.15, 0.2) is 0 Å². The molecule has 0 bridgehead atoms. The quantitative estimate of drug-likeness (QED) is 0.476. The molecule has 0 aliphatic carbocycles. The fraction of sp³-hybridized carbons (Fsp3) is 0.500.